The van der Waals surface area contributed by atoms with E-state index in [9.17, 15) is 4.79 Å². The maximum Gasteiger partial charge on any atom is 0.244 e. The van der Waals surface area contributed by atoms with Crippen LogP contribution < -0.4 is 5.32 Å². The Kier molecular flexibility index (Phi) is 5.96. The molecule has 1 fully saturated rings. The molecule has 1 amide bonds. The highest BCUT2D eigenvalue weighted by Crippen LogP contribution is 2.30. The number of nitrogens with zero attached hydrogens (tertiary/aromatic N) is 1. The van der Waals surface area contributed by atoms with Gasteiger partial charge in [0.25, 0.3) is 0 Å². The van der Waals surface area contributed by atoms with E-state index in [1.807, 2.05) is 23.6 Å². The first-order valence-corrected chi connectivity index (χ1v) is 8.20. The number of carbonyl (C=O) groups excluding carboxylic acids is 1. The molecule has 1 aromatic rings. The van der Waals surface area contributed by atoms with Crippen LogP contribution in [0.1, 0.15) is 17.7 Å². The summed E-state index contributed by atoms with van der Waals surface area (Å²) in [7, 11) is 4.16. The minimum Gasteiger partial charge on any atom is -0.381 e. The summed E-state index contributed by atoms with van der Waals surface area (Å²) >= 11 is 1.63. The van der Waals surface area contributed by atoms with Crippen molar-refractivity contribution in [2.45, 2.75) is 12.8 Å². The van der Waals surface area contributed by atoms with Gasteiger partial charge >= 0.3 is 0 Å². The van der Waals surface area contributed by atoms with E-state index in [-0.39, 0.29) is 11.3 Å². The summed E-state index contributed by atoms with van der Waals surface area (Å²) < 4.78 is 5.47. The first-order chi connectivity index (χ1) is 10.1. The lowest BCUT2D eigenvalue weighted by Gasteiger charge is -2.39. The Bertz CT molecular complexity index is 463. The Morgan fingerprint density at radius 1 is 1.48 bits per heavy atom. The molecule has 1 aliphatic rings. The quantitative estimate of drug-likeness (QED) is 0.820. The Balaban J connectivity index is 1.87. The van der Waals surface area contributed by atoms with Gasteiger partial charge in [0.15, 0.2) is 0 Å². The zero-order valence-electron chi connectivity index (χ0n) is 12.8. The molecule has 1 aromatic heterocycles. The highest BCUT2D eigenvalue weighted by atomic mass is 32.1. The lowest BCUT2D eigenvalue weighted by molar-refractivity contribution is -0.117. The van der Waals surface area contributed by atoms with Crippen molar-refractivity contribution in [3.05, 3.63) is 28.5 Å². The molecule has 21 heavy (non-hydrogen) atoms. The maximum absolute atomic E-state index is 12.0. The van der Waals surface area contributed by atoms with Crippen LogP contribution in [0.3, 0.4) is 0 Å². The van der Waals surface area contributed by atoms with E-state index in [1.54, 1.807) is 17.4 Å². The van der Waals surface area contributed by atoms with E-state index >= 15 is 0 Å². The highest BCUT2D eigenvalue weighted by molar-refractivity contribution is 7.10. The van der Waals surface area contributed by atoms with E-state index in [2.05, 4.69) is 24.3 Å². The Labute approximate surface area is 130 Å². The minimum absolute atomic E-state index is 0.0203. The first kappa shape index (κ1) is 16.2. The lowest BCUT2D eigenvalue weighted by atomic mass is 9.79. The topological polar surface area (TPSA) is 41.6 Å². The standard InChI is InChI=1S/C16H24N2O2S/c1-18(2)13-16(7-9-20-10-8-16)12-17-15(19)6-5-14-4-3-11-21-14/h3-6,11H,7-10,12-13H2,1-2H3,(H,17,19)/b6-5+. The Hall–Kier alpha value is -1.17. The molecule has 0 unspecified atom stereocenters. The summed E-state index contributed by atoms with van der Waals surface area (Å²) in [5.41, 5.74) is 0.133. The molecule has 5 heteroatoms. The Morgan fingerprint density at radius 3 is 2.86 bits per heavy atom. The van der Waals surface area contributed by atoms with Crippen molar-refractivity contribution < 1.29 is 9.53 Å². The fourth-order valence-electron chi connectivity index (χ4n) is 2.74. The molecule has 0 aromatic carbocycles. The summed E-state index contributed by atoms with van der Waals surface area (Å²) in [6, 6.07) is 3.98. The second-order valence-corrected chi connectivity index (χ2v) is 6.90. The maximum atomic E-state index is 12.0. The van der Waals surface area contributed by atoms with Crippen LogP contribution in [0.5, 0.6) is 0 Å². The lowest BCUT2D eigenvalue weighted by Crippen LogP contribution is -2.46. The zero-order chi connectivity index (χ0) is 15.1. The van der Waals surface area contributed by atoms with Gasteiger partial charge in [-0.15, -0.1) is 11.3 Å². The molecule has 0 saturated carbocycles. The van der Waals surface area contributed by atoms with E-state index in [1.165, 1.54) is 0 Å². The van der Waals surface area contributed by atoms with Crippen LogP contribution in [-0.4, -0.2) is 51.2 Å². The van der Waals surface area contributed by atoms with Gasteiger partial charge in [-0.3, -0.25) is 4.79 Å². The molecular formula is C16H24N2O2S. The summed E-state index contributed by atoms with van der Waals surface area (Å²) in [5.74, 6) is -0.0203. The molecule has 0 bridgehead atoms. The van der Waals surface area contributed by atoms with E-state index < -0.39 is 0 Å². The van der Waals surface area contributed by atoms with Crippen LogP contribution in [0.25, 0.3) is 6.08 Å². The number of ether oxygens (including phenoxy) is 1. The summed E-state index contributed by atoms with van der Waals surface area (Å²) in [5, 5.41) is 5.06. The largest absolute Gasteiger partial charge is 0.381 e. The fraction of sp³-hybridized carbons (Fsp3) is 0.562. The third-order valence-corrected chi connectivity index (χ3v) is 4.62. The van der Waals surface area contributed by atoms with Gasteiger partial charge in [-0.25, -0.2) is 0 Å². The van der Waals surface area contributed by atoms with Gasteiger partial charge in [0, 0.05) is 42.7 Å². The van der Waals surface area contributed by atoms with Gasteiger partial charge in [0.1, 0.15) is 0 Å². The van der Waals surface area contributed by atoms with Crippen molar-refractivity contribution >= 4 is 23.3 Å². The van der Waals surface area contributed by atoms with Crippen molar-refractivity contribution in [1.82, 2.24) is 10.2 Å². The molecule has 2 rings (SSSR count). The Morgan fingerprint density at radius 2 is 2.24 bits per heavy atom. The second kappa shape index (κ2) is 7.73. The van der Waals surface area contributed by atoms with E-state index in [0.29, 0.717) is 6.54 Å². The number of hydrogen-bond acceptors (Lipinski definition) is 4. The molecule has 2 heterocycles. The van der Waals surface area contributed by atoms with Crippen molar-refractivity contribution in [3.8, 4) is 0 Å². The normalized spacial score (nSPS) is 18.2. The first-order valence-electron chi connectivity index (χ1n) is 7.32. The molecule has 4 nitrogen and oxygen atoms in total. The molecule has 1 N–H and O–H groups in total. The van der Waals surface area contributed by atoms with Gasteiger partial charge in [-0.1, -0.05) is 6.07 Å². The molecular weight excluding hydrogens is 284 g/mol. The van der Waals surface area contributed by atoms with Crippen LogP contribution in [-0.2, 0) is 9.53 Å². The number of nitrogens with one attached hydrogen (secondary N) is 1. The molecule has 1 saturated heterocycles. The van der Waals surface area contributed by atoms with Gasteiger partial charge < -0.3 is 15.0 Å². The summed E-state index contributed by atoms with van der Waals surface area (Å²) in [6.45, 7) is 3.26. The van der Waals surface area contributed by atoms with E-state index in [4.69, 9.17) is 4.74 Å². The molecule has 0 aliphatic carbocycles. The smallest absolute Gasteiger partial charge is 0.244 e. The summed E-state index contributed by atoms with van der Waals surface area (Å²) in [6.07, 6.45) is 5.48. The molecule has 0 atom stereocenters. The third-order valence-electron chi connectivity index (χ3n) is 3.78. The summed E-state index contributed by atoms with van der Waals surface area (Å²) in [4.78, 5) is 15.3. The number of rotatable bonds is 6. The third kappa shape index (κ3) is 5.26. The minimum atomic E-state index is -0.0203. The van der Waals surface area contributed by atoms with Crippen molar-refractivity contribution in [1.29, 1.82) is 0 Å². The van der Waals surface area contributed by atoms with E-state index in [0.717, 1.165) is 37.5 Å². The molecule has 1 aliphatic heterocycles. The average molecular weight is 308 g/mol. The van der Waals surface area contributed by atoms with Crippen LogP contribution >= 0.6 is 11.3 Å². The van der Waals surface area contributed by atoms with Gasteiger partial charge in [0.05, 0.1) is 0 Å². The van der Waals surface area contributed by atoms with Gasteiger partial charge in [0.2, 0.25) is 5.91 Å². The zero-order valence-corrected chi connectivity index (χ0v) is 13.6. The number of amides is 1. The average Bonchev–Trinajstić information content (AvgIpc) is 2.96. The van der Waals surface area contributed by atoms with Gasteiger partial charge in [-0.2, -0.15) is 0 Å². The van der Waals surface area contributed by atoms with Crippen molar-refractivity contribution in [2.24, 2.45) is 5.41 Å². The SMILES string of the molecule is CN(C)CC1(CNC(=O)/C=C/c2cccs2)CCOCC1. The van der Waals surface area contributed by atoms with Crippen LogP contribution in [0.15, 0.2) is 23.6 Å². The second-order valence-electron chi connectivity index (χ2n) is 5.92. The molecule has 0 radical (unpaired) electrons. The van der Waals surface area contributed by atoms with Crippen LogP contribution in [0.4, 0.5) is 0 Å². The predicted octanol–water partition coefficient (Wildman–Crippen LogP) is 2.24. The van der Waals surface area contributed by atoms with Gasteiger partial charge in [-0.05, 0) is 44.5 Å². The fourth-order valence-corrected chi connectivity index (χ4v) is 3.36. The van der Waals surface area contributed by atoms with Crippen molar-refractivity contribution in [3.63, 3.8) is 0 Å². The van der Waals surface area contributed by atoms with Crippen LogP contribution in [0, 0.1) is 5.41 Å². The highest BCUT2D eigenvalue weighted by Gasteiger charge is 2.33. The number of carbonyl (C=O) groups is 1. The van der Waals surface area contributed by atoms with Crippen LogP contribution in [0.2, 0.25) is 0 Å². The molecule has 116 valence electrons. The van der Waals surface area contributed by atoms with Crippen molar-refractivity contribution in [2.75, 3.05) is 40.4 Å². The number of thiophene rings is 1. The predicted molar refractivity (Wildman–Crippen MR) is 87.4 cm³/mol. The molecule has 0 spiro atoms. The number of hydrogen-bond donors (Lipinski definition) is 1. The monoisotopic (exact) mass is 308 g/mol.